The zero-order valence-electron chi connectivity index (χ0n) is 18.0. The highest BCUT2D eigenvalue weighted by atomic mass is 19.4. The van der Waals surface area contributed by atoms with Crippen LogP contribution in [0.2, 0.25) is 0 Å². The molecule has 3 heterocycles. The van der Waals surface area contributed by atoms with Crippen LogP contribution in [0.25, 0.3) is 11.3 Å². The van der Waals surface area contributed by atoms with Gasteiger partial charge < -0.3 is 10.2 Å². The van der Waals surface area contributed by atoms with Crippen LogP contribution < -0.4 is 5.32 Å². The summed E-state index contributed by atoms with van der Waals surface area (Å²) >= 11 is 0. The van der Waals surface area contributed by atoms with Gasteiger partial charge in [0, 0.05) is 41.1 Å². The fourth-order valence-corrected chi connectivity index (χ4v) is 3.84. The van der Waals surface area contributed by atoms with Gasteiger partial charge in [0.15, 0.2) is 0 Å². The van der Waals surface area contributed by atoms with Gasteiger partial charge in [0.25, 0.3) is 5.91 Å². The molecule has 178 valence electrons. The molecule has 1 aliphatic rings. The minimum Gasteiger partial charge on any atom is -0.363 e. The van der Waals surface area contributed by atoms with Crippen LogP contribution in [0.1, 0.15) is 46.9 Å². The van der Waals surface area contributed by atoms with Crippen molar-refractivity contribution in [2.45, 2.75) is 32.6 Å². The first-order chi connectivity index (χ1) is 16.0. The fraction of sp³-hybridized carbons (Fsp3) is 0.261. The van der Waals surface area contributed by atoms with Gasteiger partial charge in [-0.25, -0.2) is 18.7 Å². The summed E-state index contributed by atoms with van der Waals surface area (Å²) < 4.78 is 82.4. The Hall–Kier alpha value is -3.63. The summed E-state index contributed by atoms with van der Waals surface area (Å²) in [5.41, 5.74) is -1.70. The van der Waals surface area contributed by atoms with Gasteiger partial charge in [0.05, 0.1) is 23.8 Å². The average molecular weight is 480 g/mol. The molecule has 4 rings (SSSR count). The lowest BCUT2D eigenvalue weighted by Crippen LogP contribution is -2.22. The third-order valence-corrected chi connectivity index (χ3v) is 5.61. The Bertz CT molecular complexity index is 1280. The van der Waals surface area contributed by atoms with Crippen molar-refractivity contribution in [3.8, 4) is 11.3 Å². The Labute approximate surface area is 190 Å². The fourth-order valence-electron chi connectivity index (χ4n) is 3.84. The normalized spacial score (nSPS) is 14.4. The van der Waals surface area contributed by atoms with Crippen LogP contribution >= 0.6 is 0 Å². The summed E-state index contributed by atoms with van der Waals surface area (Å²) in [5, 5.41) is 2.97. The maximum absolute atomic E-state index is 14.9. The number of carbonyl (C=O) groups is 1. The monoisotopic (exact) mass is 480 g/mol. The maximum Gasteiger partial charge on any atom is 0.416 e. The van der Waals surface area contributed by atoms with E-state index in [0.717, 1.165) is 6.07 Å². The Morgan fingerprint density at radius 2 is 1.82 bits per heavy atom. The zero-order valence-corrected chi connectivity index (χ0v) is 18.0. The maximum atomic E-state index is 14.9. The van der Waals surface area contributed by atoms with E-state index in [1.165, 1.54) is 13.1 Å². The minimum atomic E-state index is -4.89. The molecule has 0 bridgehead atoms. The number of rotatable bonds is 5. The van der Waals surface area contributed by atoms with Crippen LogP contribution in [0.3, 0.4) is 0 Å². The van der Waals surface area contributed by atoms with Crippen LogP contribution in [0.15, 0.2) is 36.5 Å². The summed E-state index contributed by atoms with van der Waals surface area (Å²) in [6.45, 7) is 4.18. The minimum absolute atomic E-state index is 0.134. The van der Waals surface area contributed by atoms with Crippen molar-refractivity contribution in [2.24, 2.45) is 0 Å². The van der Waals surface area contributed by atoms with E-state index in [1.54, 1.807) is 11.0 Å². The van der Waals surface area contributed by atoms with Crippen molar-refractivity contribution in [3.63, 3.8) is 0 Å². The molecule has 2 aromatic heterocycles. The number of hydrogen-bond acceptors (Lipinski definition) is 4. The second-order valence-corrected chi connectivity index (χ2v) is 7.79. The highest BCUT2D eigenvalue weighted by Gasteiger charge is 2.33. The van der Waals surface area contributed by atoms with Gasteiger partial charge >= 0.3 is 6.18 Å². The molecule has 5 nitrogen and oxygen atoms in total. The first-order valence-electron chi connectivity index (χ1n) is 10.3. The number of halogens is 6. The molecule has 0 aliphatic carbocycles. The molecule has 0 saturated carbocycles. The molecule has 0 fully saturated rings. The number of carbonyl (C=O) groups excluding carboxylic acids is 1. The third-order valence-electron chi connectivity index (χ3n) is 5.61. The smallest absolute Gasteiger partial charge is 0.363 e. The Morgan fingerprint density at radius 3 is 2.50 bits per heavy atom. The largest absolute Gasteiger partial charge is 0.416 e. The number of benzene rings is 1. The zero-order chi connectivity index (χ0) is 24.8. The molecule has 34 heavy (non-hydrogen) atoms. The molecule has 1 aliphatic heterocycles. The van der Waals surface area contributed by atoms with E-state index in [4.69, 9.17) is 0 Å². The molecule has 1 atom stereocenters. The van der Waals surface area contributed by atoms with Crippen molar-refractivity contribution in [3.05, 3.63) is 76.4 Å². The van der Waals surface area contributed by atoms with Crippen molar-refractivity contribution in [1.82, 2.24) is 14.9 Å². The number of nitrogens with one attached hydrogen (secondary N) is 1. The molecule has 1 N–H and O–H groups in total. The van der Waals surface area contributed by atoms with Crippen LogP contribution in [0.4, 0.5) is 32.2 Å². The molecule has 0 spiro atoms. The van der Waals surface area contributed by atoms with E-state index >= 15 is 0 Å². The molecule has 0 saturated heterocycles. The SMILES string of the molecule is CCN1Cc2c(ccnc2N[C@@H](C)c2cc(F)c(-c3cc(C(F)(F)F)cc(F)n3)cc2F)C1=O. The standard InChI is InChI=1S/C23H18F6N4O/c1-3-33-10-16-13(22(33)34)4-5-30-21(16)31-11(2)14-8-18(25)15(9-17(14)24)19-6-12(23(27,28)29)7-20(26)32-19/h4-9,11H,3,10H2,1-2H3,(H,30,31)/t11-/m0/s1. The Kier molecular flexibility index (Phi) is 5.96. The molecule has 11 heteroatoms. The van der Waals surface area contributed by atoms with Gasteiger partial charge in [-0.05, 0) is 38.1 Å². The van der Waals surface area contributed by atoms with Gasteiger partial charge in [-0.2, -0.15) is 17.6 Å². The molecule has 1 amide bonds. The van der Waals surface area contributed by atoms with Crippen molar-refractivity contribution in [2.75, 3.05) is 11.9 Å². The lowest BCUT2D eigenvalue weighted by Gasteiger charge is -2.19. The molecule has 3 aromatic rings. The summed E-state index contributed by atoms with van der Waals surface area (Å²) in [7, 11) is 0. The number of aromatic nitrogens is 2. The first kappa shape index (κ1) is 23.5. The second kappa shape index (κ2) is 8.62. The number of anilines is 1. The molecule has 0 radical (unpaired) electrons. The van der Waals surface area contributed by atoms with Crippen molar-refractivity contribution >= 4 is 11.7 Å². The Balaban J connectivity index is 1.66. The summed E-state index contributed by atoms with van der Waals surface area (Å²) in [5.74, 6) is -3.30. The van der Waals surface area contributed by atoms with Crippen LogP contribution in [-0.2, 0) is 12.7 Å². The third kappa shape index (κ3) is 4.29. The molecular weight excluding hydrogens is 462 g/mol. The van der Waals surface area contributed by atoms with E-state index in [0.29, 0.717) is 42.2 Å². The predicted octanol–water partition coefficient (Wildman–Crippen LogP) is 5.73. The number of fused-ring (bicyclic) bond motifs is 1. The number of hydrogen-bond donors (Lipinski definition) is 1. The van der Waals surface area contributed by atoms with E-state index in [1.807, 2.05) is 6.92 Å². The van der Waals surface area contributed by atoms with E-state index in [-0.39, 0.29) is 17.5 Å². The summed E-state index contributed by atoms with van der Waals surface area (Å²) in [4.78, 5) is 21.5. The quantitative estimate of drug-likeness (QED) is 0.375. The van der Waals surface area contributed by atoms with Crippen molar-refractivity contribution in [1.29, 1.82) is 0 Å². The topological polar surface area (TPSA) is 58.1 Å². The van der Waals surface area contributed by atoms with Gasteiger partial charge in [0.1, 0.15) is 17.5 Å². The van der Waals surface area contributed by atoms with Crippen molar-refractivity contribution < 1.29 is 31.1 Å². The number of amides is 1. The number of nitrogens with zero attached hydrogens (tertiary/aromatic N) is 3. The highest BCUT2D eigenvalue weighted by molar-refractivity contribution is 5.99. The predicted molar refractivity (Wildman–Crippen MR) is 111 cm³/mol. The van der Waals surface area contributed by atoms with E-state index < -0.39 is 46.6 Å². The van der Waals surface area contributed by atoms with Gasteiger partial charge in [-0.3, -0.25) is 4.79 Å². The van der Waals surface area contributed by atoms with Gasteiger partial charge in [-0.1, -0.05) is 0 Å². The lowest BCUT2D eigenvalue weighted by atomic mass is 10.0. The van der Waals surface area contributed by atoms with Gasteiger partial charge in [0.2, 0.25) is 5.95 Å². The lowest BCUT2D eigenvalue weighted by molar-refractivity contribution is -0.137. The van der Waals surface area contributed by atoms with E-state index in [2.05, 4.69) is 15.3 Å². The highest BCUT2D eigenvalue weighted by Crippen LogP contribution is 2.35. The number of pyridine rings is 2. The van der Waals surface area contributed by atoms with Crippen LogP contribution in [0, 0.1) is 17.6 Å². The average Bonchev–Trinajstić information content (AvgIpc) is 3.10. The molecule has 1 aromatic carbocycles. The number of alkyl halides is 3. The molecule has 0 unspecified atom stereocenters. The second-order valence-electron chi connectivity index (χ2n) is 7.79. The van der Waals surface area contributed by atoms with Gasteiger partial charge in [-0.15, -0.1) is 0 Å². The Morgan fingerprint density at radius 1 is 1.09 bits per heavy atom. The molecular formula is C23H18F6N4O. The first-order valence-corrected chi connectivity index (χ1v) is 10.3. The van der Waals surface area contributed by atoms with E-state index in [9.17, 15) is 31.1 Å². The summed E-state index contributed by atoms with van der Waals surface area (Å²) in [6, 6.07) is 2.88. The van der Waals surface area contributed by atoms with Crippen LogP contribution in [0.5, 0.6) is 0 Å². The van der Waals surface area contributed by atoms with Crippen LogP contribution in [-0.4, -0.2) is 27.3 Å². The summed E-state index contributed by atoms with van der Waals surface area (Å²) in [6.07, 6.45) is -3.46.